The zero-order valence-electron chi connectivity index (χ0n) is 10.4. The summed E-state index contributed by atoms with van der Waals surface area (Å²) in [4.78, 5) is 15.8. The Balaban J connectivity index is 1.81. The lowest BCUT2D eigenvalue weighted by molar-refractivity contribution is 0.0953. The summed E-state index contributed by atoms with van der Waals surface area (Å²) in [6.07, 6.45) is 7.50. The van der Waals surface area contributed by atoms with Crippen LogP contribution in [0.15, 0.2) is 36.9 Å². The molecule has 0 atom stereocenters. The molecule has 0 fully saturated rings. The summed E-state index contributed by atoms with van der Waals surface area (Å²) in [5.74, 6) is 5.16. The fourth-order valence-electron chi connectivity index (χ4n) is 1.68. The van der Waals surface area contributed by atoms with Gasteiger partial charge in [0.15, 0.2) is 0 Å². The van der Waals surface area contributed by atoms with Gasteiger partial charge in [-0.15, -0.1) is 0 Å². The maximum absolute atomic E-state index is 11.9. The fourth-order valence-corrected chi connectivity index (χ4v) is 1.68. The highest BCUT2D eigenvalue weighted by molar-refractivity contribution is 5.99. The number of aromatic nitrogens is 3. The molecule has 0 bridgehead atoms. The van der Waals surface area contributed by atoms with Gasteiger partial charge in [0.25, 0.3) is 5.91 Å². The van der Waals surface area contributed by atoms with Crippen LogP contribution in [0.2, 0.25) is 0 Å². The maximum Gasteiger partial charge on any atom is 0.253 e. The van der Waals surface area contributed by atoms with Crippen molar-refractivity contribution in [3.63, 3.8) is 0 Å². The van der Waals surface area contributed by atoms with Crippen LogP contribution >= 0.6 is 0 Å². The van der Waals surface area contributed by atoms with Gasteiger partial charge in [0.1, 0.15) is 0 Å². The van der Waals surface area contributed by atoms with Crippen molar-refractivity contribution in [1.29, 1.82) is 0 Å². The first-order valence-electron chi connectivity index (χ1n) is 5.97. The van der Waals surface area contributed by atoms with Crippen molar-refractivity contribution in [2.24, 2.45) is 5.84 Å². The van der Waals surface area contributed by atoms with E-state index >= 15 is 0 Å². The molecule has 2 aromatic heterocycles. The van der Waals surface area contributed by atoms with E-state index in [0.717, 1.165) is 13.0 Å². The molecule has 0 unspecified atom stereocenters. The molecule has 7 heteroatoms. The Morgan fingerprint density at radius 3 is 3.05 bits per heavy atom. The normalized spacial score (nSPS) is 10.2. The molecule has 100 valence electrons. The number of hydrazine groups is 1. The van der Waals surface area contributed by atoms with Crippen LogP contribution in [0.5, 0.6) is 0 Å². The lowest BCUT2D eigenvalue weighted by Gasteiger charge is -2.09. The summed E-state index contributed by atoms with van der Waals surface area (Å²) in [6.45, 7) is 1.34. The van der Waals surface area contributed by atoms with E-state index in [-0.39, 0.29) is 5.91 Å². The quantitative estimate of drug-likeness (QED) is 0.396. The number of amides is 1. The number of hydrogen-bond donors (Lipinski definition) is 3. The van der Waals surface area contributed by atoms with Gasteiger partial charge in [-0.3, -0.25) is 20.3 Å². The van der Waals surface area contributed by atoms with E-state index in [9.17, 15) is 4.79 Å². The van der Waals surface area contributed by atoms with Crippen molar-refractivity contribution in [3.05, 3.63) is 42.5 Å². The highest BCUT2D eigenvalue weighted by Gasteiger charge is 2.09. The topological polar surface area (TPSA) is 97.9 Å². The molecule has 0 spiro atoms. The predicted octanol–water partition coefficient (Wildman–Crippen LogP) is 0.384. The summed E-state index contributed by atoms with van der Waals surface area (Å²) in [5, 5.41) is 6.92. The summed E-state index contributed by atoms with van der Waals surface area (Å²) in [6, 6.07) is 3.49. The molecule has 0 aliphatic heterocycles. The maximum atomic E-state index is 11.9. The number of carbonyl (C=O) groups excluding carboxylic acids is 1. The third kappa shape index (κ3) is 3.52. The number of anilines is 1. The first-order chi connectivity index (χ1) is 9.31. The van der Waals surface area contributed by atoms with E-state index in [1.165, 1.54) is 6.20 Å². The van der Waals surface area contributed by atoms with E-state index in [1.807, 2.05) is 16.9 Å². The van der Waals surface area contributed by atoms with Crippen LogP contribution in [-0.2, 0) is 6.54 Å². The van der Waals surface area contributed by atoms with E-state index in [0.29, 0.717) is 17.8 Å². The SMILES string of the molecule is NNc1cnccc1C(=O)NCCCn1cccn1. The molecular weight excluding hydrogens is 244 g/mol. The summed E-state index contributed by atoms with van der Waals surface area (Å²) in [5.41, 5.74) is 3.44. The van der Waals surface area contributed by atoms with E-state index in [2.05, 4.69) is 20.8 Å². The molecule has 0 saturated heterocycles. The second kappa shape index (κ2) is 6.50. The molecule has 2 aromatic rings. The Morgan fingerprint density at radius 2 is 2.32 bits per heavy atom. The van der Waals surface area contributed by atoms with Gasteiger partial charge >= 0.3 is 0 Å². The van der Waals surface area contributed by atoms with Crippen LogP contribution in [0, 0.1) is 0 Å². The van der Waals surface area contributed by atoms with Crippen molar-refractivity contribution >= 4 is 11.6 Å². The van der Waals surface area contributed by atoms with Gasteiger partial charge < -0.3 is 10.7 Å². The number of nitrogens with two attached hydrogens (primary N) is 1. The van der Waals surface area contributed by atoms with Crippen LogP contribution in [0.1, 0.15) is 16.8 Å². The predicted molar refractivity (Wildman–Crippen MR) is 71.2 cm³/mol. The smallest absolute Gasteiger partial charge is 0.253 e. The zero-order valence-corrected chi connectivity index (χ0v) is 10.4. The molecule has 7 nitrogen and oxygen atoms in total. The standard InChI is InChI=1S/C12H16N6O/c13-17-11-9-14-6-3-10(11)12(19)15-4-1-7-18-8-2-5-16-18/h2-3,5-6,8-9,17H,1,4,7,13H2,(H,15,19). The first kappa shape index (κ1) is 13.0. The minimum atomic E-state index is -0.171. The zero-order chi connectivity index (χ0) is 13.5. The third-order valence-electron chi connectivity index (χ3n) is 2.63. The lowest BCUT2D eigenvalue weighted by atomic mass is 10.2. The molecule has 0 aromatic carbocycles. The molecular formula is C12H16N6O. The Labute approximate surface area is 110 Å². The number of nitrogens with one attached hydrogen (secondary N) is 2. The van der Waals surface area contributed by atoms with Gasteiger partial charge in [0.2, 0.25) is 0 Å². The highest BCUT2D eigenvalue weighted by atomic mass is 16.1. The van der Waals surface area contributed by atoms with Crippen molar-refractivity contribution in [3.8, 4) is 0 Å². The van der Waals surface area contributed by atoms with E-state index < -0.39 is 0 Å². The number of nitrogen functional groups attached to an aromatic ring is 1. The molecule has 2 heterocycles. The van der Waals surface area contributed by atoms with Gasteiger partial charge in [-0.2, -0.15) is 5.10 Å². The first-order valence-corrected chi connectivity index (χ1v) is 5.97. The molecule has 19 heavy (non-hydrogen) atoms. The van der Waals surface area contributed by atoms with Gasteiger partial charge in [0, 0.05) is 31.7 Å². The third-order valence-corrected chi connectivity index (χ3v) is 2.63. The average molecular weight is 260 g/mol. The molecule has 0 aliphatic carbocycles. The fraction of sp³-hybridized carbons (Fsp3) is 0.250. The van der Waals surface area contributed by atoms with Crippen molar-refractivity contribution in [2.45, 2.75) is 13.0 Å². The van der Waals surface area contributed by atoms with Crippen molar-refractivity contribution in [2.75, 3.05) is 12.0 Å². The van der Waals surface area contributed by atoms with Gasteiger partial charge in [-0.25, -0.2) is 0 Å². The van der Waals surface area contributed by atoms with Crippen molar-refractivity contribution in [1.82, 2.24) is 20.1 Å². The summed E-state index contributed by atoms with van der Waals surface area (Å²) >= 11 is 0. The van der Waals surface area contributed by atoms with Gasteiger partial charge in [-0.1, -0.05) is 0 Å². The van der Waals surface area contributed by atoms with Crippen molar-refractivity contribution < 1.29 is 4.79 Å². The number of aryl methyl sites for hydroxylation is 1. The Bertz CT molecular complexity index is 525. The Hall–Kier alpha value is -2.41. The Morgan fingerprint density at radius 1 is 1.42 bits per heavy atom. The summed E-state index contributed by atoms with van der Waals surface area (Å²) in [7, 11) is 0. The molecule has 2 rings (SSSR count). The minimum Gasteiger partial charge on any atom is -0.352 e. The summed E-state index contributed by atoms with van der Waals surface area (Å²) < 4.78 is 1.82. The number of rotatable bonds is 6. The lowest BCUT2D eigenvalue weighted by Crippen LogP contribution is -2.27. The number of nitrogens with zero attached hydrogens (tertiary/aromatic N) is 3. The van der Waals surface area contributed by atoms with Crippen LogP contribution < -0.4 is 16.6 Å². The monoisotopic (exact) mass is 260 g/mol. The molecule has 0 saturated carbocycles. The average Bonchev–Trinajstić information content (AvgIpc) is 2.96. The van der Waals surface area contributed by atoms with Crippen LogP contribution in [0.3, 0.4) is 0 Å². The minimum absolute atomic E-state index is 0.171. The highest BCUT2D eigenvalue weighted by Crippen LogP contribution is 2.11. The second-order valence-electron chi connectivity index (χ2n) is 3.94. The number of pyridine rings is 1. The van der Waals surface area contributed by atoms with E-state index in [4.69, 9.17) is 5.84 Å². The van der Waals surface area contributed by atoms with Crippen LogP contribution in [0.4, 0.5) is 5.69 Å². The molecule has 0 radical (unpaired) electrons. The Kier molecular flexibility index (Phi) is 4.46. The number of hydrogen-bond acceptors (Lipinski definition) is 5. The van der Waals surface area contributed by atoms with Gasteiger partial charge in [-0.05, 0) is 18.6 Å². The molecule has 1 amide bonds. The molecule has 0 aliphatic rings. The van der Waals surface area contributed by atoms with Gasteiger partial charge in [0.05, 0.1) is 17.4 Å². The number of carbonyl (C=O) groups is 1. The van der Waals surface area contributed by atoms with Crippen LogP contribution in [-0.4, -0.2) is 27.2 Å². The largest absolute Gasteiger partial charge is 0.352 e. The molecule has 4 N–H and O–H groups in total. The second-order valence-corrected chi connectivity index (χ2v) is 3.94. The van der Waals surface area contributed by atoms with Crippen LogP contribution in [0.25, 0.3) is 0 Å². The van der Waals surface area contributed by atoms with E-state index in [1.54, 1.807) is 18.5 Å².